The summed E-state index contributed by atoms with van der Waals surface area (Å²) in [6, 6.07) is 2.90. The third-order valence-corrected chi connectivity index (χ3v) is 10.9. The van der Waals surface area contributed by atoms with Gasteiger partial charge in [-0.3, -0.25) is 0 Å². The third kappa shape index (κ3) is 6.46. The fourth-order valence-electron chi connectivity index (χ4n) is 2.26. The Morgan fingerprint density at radius 3 is 1.46 bits per heavy atom. The molecule has 1 N–H and O–H groups in total. The molecular weight excluding hydrogens is 190 g/mol. The smallest absolute Gasteiger partial charge is 0.115 e. The molecule has 0 aromatic heterocycles. The van der Waals surface area contributed by atoms with E-state index in [1.807, 2.05) is 0 Å². The van der Waals surface area contributed by atoms with Crippen LogP contribution in [0.4, 0.5) is 0 Å². The van der Waals surface area contributed by atoms with Crippen LogP contribution in [-0.4, -0.2) is 16.5 Å². The summed E-state index contributed by atoms with van der Waals surface area (Å²) in [5.74, 6) is 0. The van der Waals surface area contributed by atoms with E-state index in [0.29, 0.717) is 0 Å². The Bertz CT molecular complexity index is 134. The molecule has 0 amide bonds. The van der Waals surface area contributed by atoms with Gasteiger partial charge in [0.05, 0.1) is 0 Å². The number of hydrogen-bond donors (Lipinski definition) is 1. The molecule has 0 unspecified atom stereocenters. The summed E-state index contributed by atoms with van der Waals surface area (Å²) >= 11 is 0. The summed E-state index contributed by atoms with van der Waals surface area (Å²) in [4.78, 5) is 0. The monoisotopic (exact) mass is 217 g/mol. The Morgan fingerprint density at radius 1 is 0.846 bits per heavy atom. The molecule has 0 atom stereocenters. The first-order valence-corrected chi connectivity index (χ1v) is 12.0. The minimum atomic E-state index is -1.07. The van der Waals surface area contributed by atoms with Crippen molar-refractivity contribution in [3.8, 4) is 0 Å². The van der Waals surface area contributed by atoms with Gasteiger partial charge in [0.25, 0.3) is 0 Å². The lowest BCUT2D eigenvalue weighted by Gasteiger charge is -2.35. The highest BCUT2D eigenvalue weighted by Gasteiger charge is 2.30. The maximum atomic E-state index is 4.01. The average molecular weight is 218 g/mol. The molecule has 0 saturated heterocycles. The van der Waals surface area contributed by atoms with Crippen LogP contribution < -0.4 is 4.65 Å². The molecule has 0 radical (unpaired) electrons. The van der Waals surface area contributed by atoms with Gasteiger partial charge in [-0.05, 0) is 12.1 Å². The van der Waals surface area contributed by atoms with Gasteiger partial charge >= 0.3 is 0 Å². The first-order chi connectivity index (χ1) is 5.83. The van der Waals surface area contributed by atoms with Gasteiger partial charge in [-0.25, -0.2) is 0 Å². The largest absolute Gasteiger partial charge is 0.359 e. The van der Waals surface area contributed by atoms with Gasteiger partial charge in [-0.2, -0.15) is 0 Å². The average Bonchev–Trinajstić information content (AvgIpc) is 1.82. The van der Waals surface area contributed by atoms with Crippen molar-refractivity contribution in [2.45, 2.75) is 65.0 Å². The molecule has 1 nitrogen and oxygen atoms in total. The molecule has 0 aliphatic heterocycles. The van der Waals surface area contributed by atoms with Crippen LogP contribution in [0, 0.1) is 0 Å². The van der Waals surface area contributed by atoms with E-state index in [2.05, 4.69) is 44.7 Å². The zero-order valence-electron chi connectivity index (χ0n) is 10.3. The van der Waals surface area contributed by atoms with E-state index >= 15 is 0 Å². The molecule has 0 bridgehead atoms. The van der Waals surface area contributed by atoms with E-state index in [9.17, 15) is 0 Å². The Labute approximate surface area is 86.5 Å². The van der Waals surface area contributed by atoms with Crippen LogP contribution in [0.1, 0.15) is 26.7 Å². The summed E-state index contributed by atoms with van der Waals surface area (Å²) in [7, 11) is -2.13. The Kier molecular flexibility index (Phi) is 5.48. The zero-order valence-corrected chi connectivity index (χ0v) is 12.3. The topological polar surface area (TPSA) is 12.0 Å². The lowest BCUT2D eigenvalue weighted by Crippen LogP contribution is -2.58. The number of rotatable bonds is 6. The minimum Gasteiger partial charge on any atom is -0.359 e. The van der Waals surface area contributed by atoms with Crippen molar-refractivity contribution < 1.29 is 0 Å². The SMILES string of the molecule is CCC[Si](C)(CCC)N[Si](C)(C)C. The molecule has 80 valence electrons. The van der Waals surface area contributed by atoms with E-state index in [0.717, 1.165) is 0 Å². The first kappa shape index (κ1) is 13.4. The van der Waals surface area contributed by atoms with Gasteiger partial charge in [0.1, 0.15) is 16.5 Å². The quantitative estimate of drug-likeness (QED) is 0.667. The van der Waals surface area contributed by atoms with Crippen molar-refractivity contribution in [3.05, 3.63) is 0 Å². The van der Waals surface area contributed by atoms with Crippen LogP contribution in [0.3, 0.4) is 0 Å². The molecule has 0 spiro atoms. The molecule has 3 heteroatoms. The second kappa shape index (κ2) is 5.32. The normalized spacial score (nSPS) is 13.4. The van der Waals surface area contributed by atoms with Crippen molar-refractivity contribution in [1.29, 1.82) is 0 Å². The van der Waals surface area contributed by atoms with Crippen molar-refractivity contribution in [1.82, 2.24) is 4.65 Å². The lowest BCUT2D eigenvalue weighted by molar-refractivity contribution is 0.952. The third-order valence-electron chi connectivity index (χ3n) is 2.28. The summed E-state index contributed by atoms with van der Waals surface area (Å²) in [6.45, 7) is 14.4. The Morgan fingerprint density at radius 2 is 1.23 bits per heavy atom. The predicted octanol–water partition coefficient (Wildman–Crippen LogP) is 3.81. The standard InChI is InChI=1S/C10H27NSi2/c1-7-9-13(6,10-8-2)11-12(3,4)5/h11H,7-10H2,1-6H3. The predicted molar refractivity (Wildman–Crippen MR) is 68.3 cm³/mol. The minimum absolute atomic E-state index is 1.06. The van der Waals surface area contributed by atoms with Crippen molar-refractivity contribution in [2.75, 3.05) is 0 Å². The van der Waals surface area contributed by atoms with Crippen LogP contribution in [0.15, 0.2) is 0 Å². The van der Waals surface area contributed by atoms with E-state index < -0.39 is 16.5 Å². The van der Waals surface area contributed by atoms with Gasteiger partial charge in [-0.1, -0.05) is 52.9 Å². The van der Waals surface area contributed by atoms with Crippen LogP contribution in [0.2, 0.25) is 38.3 Å². The highest BCUT2D eigenvalue weighted by Crippen LogP contribution is 2.18. The molecule has 0 saturated carbocycles. The molecule has 0 aliphatic carbocycles. The maximum Gasteiger partial charge on any atom is 0.115 e. The van der Waals surface area contributed by atoms with Crippen molar-refractivity contribution in [2.24, 2.45) is 0 Å². The molecule has 13 heavy (non-hydrogen) atoms. The van der Waals surface area contributed by atoms with Crippen LogP contribution in [-0.2, 0) is 0 Å². The highest BCUT2D eigenvalue weighted by atomic mass is 28.4. The van der Waals surface area contributed by atoms with Gasteiger partial charge in [0.2, 0.25) is 0 Å². The molecular formula is C10H27NSi2. The molecule has 0 aromatic rings. The zero-order chi connectivity index (χ0) is 10.5. The fraction of sp³-hybridized carbons (Fsp3) is 1.00. The van der Waals surface area contributed by atoms with E-state index in [-0.39, 0.29) is 0 Å². The van der Waals surface area contributed by atoms with Gasteiger partial charge < -0.3 is 4.65 Å². The van der Waals surface area contributed by atoms with Crippen molar-refractivity contribution >= 4 is 16.5 Å². The molecule has 0 fully saturated rings. The highest BCUT2D eigenvalue weighted by molar-refractivity contribution is 6.91. The van der Waals surface area contributed by atoms with Crippen molar-refractivity contribution in [3.63, 3.8) is 0 Å². The van der Waals surface area contributed by atoms with E-state index in [1.165, 1.54) is 24.9 Å². The van der Waals surface area contributed by atoms with Gasteiger partial charge in [0.15, 0.2) is 0 Å². The molecule has 0 rings (SSSR count). The van der Waals surface area contributed by atoms with Crippen LogP contribution in [0.25, 0.3) is 0 Å². The first-order valence-electron chi connectivity index (χ1n) is 5.62. The summed E-state index contributed by atoms with van der Waals surface area (Å²) in [5.41, 5.74) is 0. The molecule has 0 heterocycles. The van der Waals surface area contributed by atoms with E-state index in [1.54, 1.807) is 0 Å². The van der Waals surface area contributed by atoms with Crippen LogP contribution in [0.5, 0.6) is 0 Å². The number of nitrogens with one attached hydrogen (secondary N) is 1. The fourth-order valence-corrected chi connectivity index (χ4v) is 13.0. The Balaban J connectivity index is 4.22. The molecule has 0 aromatic carbocycles. The van der Waals surface area contributed by atoms with Crippen LogP contribution >= 0.6 is 0 Å². The summed E-state index contributed by atoms with van der Waals surface area (Å²) < 4.78 is 4.01. The van der Waals surface area contributed by atoms with Gasteiger partial charge in [0, 0.05) is 0 Å². The van der Waals surface area contributed by atoms with Gasteiger partial charge in [-0.15, -0.1) is 0 Å². The Hall–Kier alpha value is 0.394. The second-order valence-corrected chi connectivity index (χ2v) is 15.1. The summed E-state index contributed by atoms with van der Waals surface area (Å²) in [6.07, 6.45) is 2.69. The second-order valence-electron chi connectivity index (χ2n) is 5.44. The lowest BCUT2D eigenvalue weighted by atomic mass is 10.6. The summed E-state index contributed by atoms with van der Waals surface area (Å²) in [5, 5.41) is 0. The molecule has 0 aliphatic rings. The maximum absolute atomic E-state index is 4.01. The van der Waals surface area contributed by atoms with E-state index in [4.69, 9.17) is 0 Å². The number of hydrogen-bond acceptors (Lipinski definition) is 1.